The van der Waals surface area contributed by atoms with Gasteiger partial charge < -0.3 is 14.8 Å². The molecule has 1 amide bonds. The molecule has 0 bridgehead atoms. The monoisotopic (exact) mass is 251 g/mol. The maximum atomic E-state index is 12.1. The molecule has 4 nitrogen and oxygen atoms in total. The second-order valence-electron chi connectivity index (χ2n) is 4.09. The second-order valence-corrected chi connectivity index (χ2v) is 4.09. The Bertz CT molecular complexity index is 378. The lowest BCUT2D eigenvalue weighted by Crippen LogP contribution is -2.33. The van der Waals surface area contributed by atoms with Crippen LogP contribution in [-0.4, -0.2) is 26.2 Å². The largest absolute Gasteiger partial charge is 0.497 e. The van der Waals surface area contributed by atoms with Gasteiger partial charge in [-0.25, -0.2) is 0 Å². The number of rotatable bonds is 6. The molecule has 0 unspecified atom stereocenters. The highest BCUT2D eigenvalue weighted by Gasteiger charge is 2.12. The van der Waals surface area contributed by atoms with E-state index in [1.165, 1.54) is 0 Å². The third-order valence-corrected chi connectivity index (χ3v) is 2.93. The Morgan fingerprint density at radius 1 is 1.11 bits per heavy atom. The summed E-state index contributed by atoms with van der Waals surface area (Å²) >= 11 is 0. The smallest absolute Gasteiger partial charge is 0.251 e. The number of carbonyl (C=O) groups excluding carboxylic acids is 1. The molecular formula is C14H21NO3. The minimum atomic E-state index is -0.0964. The molecular weight excluding hydrogens is 230 g/mol. The molecule has 0 saturated carbocycles. The van der Waals surface area contributed by atoms with Crippen molar-refractivity contribution in [1.29, 1.82) is 0 Å². The van der Waals surface area contributed by atoms with Crippen molar-refractivity contribution in [2.45, 2.75) is 32.7 Å². The van der Waals surface area contributed by atoms with Gasteiger partial charge in [0.05, 0.1) is 14.2 Å². The quantitative estimate of drug-likeness (QED) is 0.845. The molecule has 0 heterocycles. The lowest BCUT2D eigenvalue weighted by molar-refractivity contribution is 0.0934. The number of amides is 1. The Balaban J connectivity index is 2.90. The maximum Gasteiger partial charge on any atom is 0.251 e. The summed E-state index contributed by atoms with van der Waals surface area (Å²) in [5, 5.41) is 2.99. The van der Waals surface area contributed by atoms with Gasteiger partial charge in [-0.3, -0.25) is 4.79 Å². The fourth-order valence-corrected chi connectivity index (χ4v) is 1.70. The number of ether oxygens (including phenoxy) is 2. The molecule has 0 aliphatic carbocycles. The molecule has 1 aromatic rings. The van der Waals surface area contributed by atoms with Crippen molar-refractivity contribution in [3.63, 3.8) is 0 Å². The van der Waals surface area contributed by atoms with Crippen molar-refractivity contribution in [2.75, 3.05) is 14.2 Å². The molecule has 1 N–H and O–H groups in total. The topological polar surface area (TPSA) is 47.6 Å². The Morgan fingerprint density at radius 3 is 2.00 bits per heavy atom. The van der Waals surface area contributed by atoms with Crippen molar-refractivity contribution in [3.8, 4) is 11.5 Å². The van der Waals surface area contributed by atoms with Gasteiger partial charge in [0.15, 0.2) is 0 Å². The lowest BCUT2D eigenvalue weighted by atomic mass is 10.1. The van der Waals surface area contributed by atoms with Crippen LogP contribution in [0.25, 0.3) is 0 Å². The summed E-state index contributed by atoms with van der Waals surface area (Å²) in [5.41, 5.74) is 0.554. The van der Waals surface area contributed by atoms with Gasteiger partial charge in [0.2, 0.25) is 0 Å². The van der Waals surface area contributed by atoms with Crippen LogP contribution in [0.1, 0.15) is 37.0 Å². The average Bonchev–Trinajstić information content (AvgIpc) is 2.43. The summed E-state index contributed by atoms with van der Waals surface area (Å²) in [4.78, 5) is 12.1. The van der Waals surface area contributed by atoms with E-state index in [0.717, 1.165) is 12.8 Å². The highest BCUT2D eigenvalue weighted by atomic mass is 16.5. The minimum absolute atomic E-state index is 0.0964. The van der Waals surface area contributed by atoms with Crippen LogP contribution in [-0.2, 0) is 0 Å². The maximum absolute atomic E-state index is 12.1. The van der Waals surface area contributed by atoms with Crippen molar-refractivity contribution in [3.05, 3.63) is 23.8 Å². The molecule has 18 heavy (non-hydrogen) atoms. The van der Waals surface area contributed by atoms with E-state index in [1.54, 1.807) is 32.4 Å². The zero-order chi connectivity index (χ0) is 13.5. The van der Waals surface area contributed by atoms with Crippen LogP contribution >= 0.6 is 0 Å². The summed E-state index contributed by atoms with van der Waals surface area (Å²) in [5.74, 6) is 1.13. The third kappa shape index (κ3) is 3.65. The Labute approximate surface area is 108 Å². The molecule has 0 aliphatic heterocycles. The Kier molecular flexibility index (Phi) is 5.49. The first-order valence-electron chi connectivity index (χ1n) is 6.18. The SMILES string of the molecule is CCC(CC)NC(=O)c1cc(OC)cc(OC)c1. The molecule has 0 aliphatic rings. The van der Waals surface area contributed by atoms with Gasteiger partial charge in [-0.15, -0.1) is 0 Å². The van der Waals surface area contributed by atoms with E-state index in [4.69, 9.17) is 9.47 Å². The summed E-state index contributed by atoms with van der Waals surface area (Å²) < 4.78 is 10.3. The van der Waals surface area contributed by atoms with E-state index in [1.807, 2.05) is 0 Å². The summed E-state index contributed by atoms with van der Waals surface area (Å²) in [6.07, 6.45) is 1.84. The van der Waals surface area contributed by atoms with Crippen molar-refractivity contribution in [2.24, 2.45) is 0 Å². The molecule has 1 aromatic carbocycles. The molecule has 0 radical (unpaired) electrons. The number of nitrogens with one attached hydrogen (secondary N) is 1. The predicted octanol–water partition coefficient (Wildman–Crippen LogP) is 2.62. The third-order valence-electron chi connectivity index (χ3n) is 2.93. The van der Waals surface area contributed by atoms with E-state index in [-0.39, 0.29) is 11.9 Å². The summed E-state index contributed by atoms with van der Waals surface area (Å²) in [6, 6.07) is 5.36. The zero-order valence-corrected chi connectivity index (χ0v) is 11.4. The molecule has 1 rings (SSSR count). The number of benzene rings is 1. The highest BCUT2D eigenvalue weighted by molar-refractivity contribution is 5.95. The van der Waals surface area contributed by atoms with Crippen LogP contribution in [0, 0.1) is 0 Å². The molecule has 0 saturated heterocycles. The molecule has 100 valence electrons. The molecule has 0 spiro atoms. The standard InChI is InChI=1S/C14H21NO3/c1-5-11(6-2)15-14(16)10-7-12(17-3)9-13(8-10)18-4/h7-9,11H,5-6H2,1-4H3,(H,15,16). The fraction of sp³-hybridized carbons (Fsp3) is 0.500. The predicted molar refractivity (Wildman–Crippen MR) is 71.4 cm³/mol. The first-order valence-corrected chi connectivity index (χ1v) is 6.18. The Morgan fingerprint density at radius 2 is 1.61 bits per heavy atom. The highest BCUT2D eigenvalue weighted by Crippen LogP contribution is 2.22. The summed E-state index contributed by atoms with van der Waals surface area (Å²) in [7, 11) is 3.13. The van der Waals surface area contributed by atoms with E-state index >= 15 is 0 Å². The van der Waals surface area contributed by atoms with Crippen molar-refractivity contribution >= 4 is 5.91 Å². The average molecular weight is 251 g/mol. The number of hydrogen-bond donors (Lipinski definition) is 1. The van der Waals surface area contributed by atoms with Crippen LogP contribution < -0.4 is 14.8 Å². The van der Waals surface area contributed by atoms with E-state index in [2.05, 4.69) is 19.2 Å². The van der Waals surface area contributed by atoms with Gasteiger partial charge >= 0.3 is 0 Å². The number of carbonyl (C=O) groups is 1. The van der Waals surface area contributed by atoms with Crippen LogP contribution in [0.15, 0.2) is 18.2 Å². The summed E-state index contributed by atoms with van der Waals surface area (Å²) in [6.45, 7) is 4.11. The second kappa shape index (κ2) is 6.89. The van der Waals surface area contributed by atoms with E-state index in [0.29, 0.717) is 17.1 Å². The number of hydrogen-bond acceptors (Lipinski definition) is 3. The molecule has 0 fully saturated rings. The van der Waals surface area contributed by atoms with Crippen LogP contribution in [0.4, 0.5) is 0 Å². The van der Waals surface area contributed by atoms with Gasteiger partial charge in [-0.05, 0) is 25.0 Å². The van der Waals surface area contributed by atoms with Crippen molar-refractivity contribution < 1.29 is 14.3 Å². The van der Waals surface area contributed by atoms with Crippen LogP contribution in [0.3, 0.4) is 0 Å². The lowest BCUT2D eigenvalue weighted by Gasteiger charge is -2.15. The van der Waals surface area contributed by atoms with Crippen LogP contribution in [0.5, 0.6) is 11.5 Å². The van der Waals surface area contributed by atoms with Gasteiger partial charge in [0, 0.05) is 17.7 Å². The van der Waals surface area contributed by atoms with Crippen LogP contribution in [0.2, 0.25) is 0 Å². The molecule has 0 aromatic heterocycles. The van der Waals surface area contributed by atoms with E-state index in [9.17, 15) is 4.79 Å². The normalized spacial score (nSPS) is 10.3. The van der Waals surface area contributed by atoms with Gasteiger partial charge in [-0.2, -0.15) is 0 Å². The van der Waals surface area contributed by atoms with Gasteiger partial charge in [0.1, 0.15) is 11.5 Å². The molecule has 0 atom stereocenters. The molecule has 4 heteroatoms. The zero-order valence-electron chi connectivity index (χ0n) is 11.4. The van der Waals surface area contributed by atoms with E-state index < -0.39 is 0 Å². The first-order chi connectivity index (χ1) is 8.64. The first kappa shape index (κ1) is 14.4. The number of methoxy groups -OCH3 is 2. The van der Waals surface area contributed by atoms with Gasteiger partial charge in [-0.1, -0.05) is 13.8 Å². The fourth-order valence-electron chi connectivity index (χ4n) is 1.70. The Hall–Kier alpha value is -1.71. The minimum Gasteiger partial charge on any atom is -0.497 e. The van der Waals surface area contributed by atoms with Crippen molar-refractivity contribution in [1.82, 2.24) is 5.32 Å². The van der Waals surface area contributed by atoms with Gasteiger partial charge in [0.25, 0.3) is 5.91 Å².